The molecule has 0 spiro atoms. The molecule has 0 aliphatic carbocycles. The Balaban J connectivity index is 0. The molecule has 0 atom stereocenters. The van der Waals surface area contributed by atoms with Crippen molar-refractivity contribution in [1.82, 2.24) is 0 Å². The van der Waals surface area contributed by atoms with Crippen molar-refractivity contribution in [3.63, 3.8) is 0 Å². The highest BCUT2D eigenvalue weighted by Gasteiger charge is 2.16. The zero-order valence-electron chi connectivity index (χ0n) is 6.93. The highest BCUT2D eigenvalue weighted by atomic mass is 19.3. The van der Waals surface area contributed by atoms with Gasteiger partial charge in [0.25, 0.3) is 12.9 Å². The Morgan fingerprint density at radius 1 is 0.500 bits per heavy atom. The zero-order valence-corrected chi connectivity index (χ0v) is 6.93. The van der Waals surface area contributed by atoms with Crippen LogP contribution in [-0.2, 0) is 0 Å². The Bertz CT molecular complexity index is 228. The number of allylic oxidation sites excluding steroid dienone is 2. The van der Waals surface area contributed by atoms with E-state index < -0.39 is 36.7 Å². The van der Waals surface area contributed by atoms with Gasteiger partial charge < -0.3 is 0 Å². The fraction of sp³-hybridized carbons (Fsp3) is 0.333. The van der Waals surface area contributed by atoms with Gasteiger partial charge >= 0.3 is 12.2 Å². The maximum absolute atomic E-state index is 11.0. The fourth-order valence-electron chi connectivity index (χ4n) is 0.165. The molecule has 0 amide bonds. The Morgan fingerprint density at radius 2 is 0.688 bits per heavy atom. The van der Waals surface area contributed by atoms with Gasteiger partial charge in [-0.2, -0.15) is 26.3 Å². The standard InChI is InChI=1S/2C3HF5/c2*4-1(2(5)6)3(7)8/h2*2H. The molecule has 0 radical (unpaired) electrons. The van der Waals surface area contributed by atoms with Gasteiger partial charge in [-0.3, -0.25) is 0 Å². The van der Waals surface area contributed by atoms with Gasteiger partial charge in [-0.15, -0.1) is 0 Å². The second-order valence-corrected chi connectivity index (χ2v) is 1.82. The van der Waals surface area contributed by atoms with Crippen molar-refractivity contribution < 1.29 is 43.9 Å². The van der Waals surface area contributed by atoms with Crippen molar-refractivity contribution in [1.29, 1.82) is 0 Å². The Hall–Kier alpha value is -1.22. The van der Waals surface area contributed by atoms with Crippen LogP contribution in [0.2, 0.25) is 0 Å². The molecule has 0 aliphatic heterocycles. The predicted octanol–water partition coefficient (Wildman–Crippen LogP) is 4.66. The number of hydrogen-bond donors (Lipinski definition) is 0. The minimum Gasteiger partial charge on any atom is -0.202 e. The summed E-state index contributed by atoms with van der Waals surface area (Å²) in [6.07, 6.45) is -13.3. The summed E-state index contributed by atoms with van der Waals surface area (Å²) in [6.45, 7) is 0. The second-order valence-electron chi connectivity index (χ2n) is 1.82. The normalized spacial score (nSPS) is 9.75. The molecule has 0 aromatic carbocycles. The third-order valence-corrected chi connectivity index (χ3v) is 0.744. The van der Waals surface area contributed by atoms with Crippen LogP contribution in [0.3, 0.4) is 0 Å². The summed E-state index contributed by atoms with van der Waals surface area (Å²) in [4.78, 5) is 0. The molecule has 0 saturated carbocycles. The molecular formula is C6H2F10. The third-order valence-electron chi connectivity index (χ3n) is 0.744. The van der Waals surface area contributed by atoms with Crippen LogP contribution in [0.25, 0.3) is 0 Å². The van der Waals surface area contributed by atoms with Gasteiger partial charge in [0.1, 0.15) is 0 Å². The van der Waals surface area contributed by atoms with Gasteiger partial charge in [0, 0.05) is 0 Å². The van der Waals surface area contributed by atoms with E-state index in [9.17, 15) is 43.9 Å². The van der Waals surface area contributed by atoms with Gasteiger partial charge in [-0.25, -0.2) is 17.6 Å². The first-order valence-corrected chi connectivity index (χ1v) is 3.08. The van der Waals surface area contributed by atoms with E-state index in [0.29, 0.717) is 0 Å². The van der Waals surface area contributed by atoms with Gasteiger partial charge in [0.2, 0.25) is 11.7 Å². The third kappa shape index (κ3) is 8.12. The number of rotatable bonds is 2. The first-order chi connectivity index (χ1) is 7.11. The molecule has 96 valence electrons. The molecule has 0 heterocycles. The molecule has 0 saturated heterocycles. The summed E-state index contributed by atoms with van der Waals surface area (Å²) in [5, 5.41) is 0. The highest BCUT2D eigenvalue weighted by molar-refractivity contribution is 4.94. The summed E-state index contributed by atoms with van der Waals surface area (Å²) in [6, 6.07) is 0. The molecule has 0 rings (SSSR count). The lowest BCUT2D eigenvalue weighted by Gasteiger charge is -1.88. The minimum atomic E-state index is -3.69. The van der Waals surface area contributed by atoms with E-state index in [-0.39, 0.29) is 0 Å². The van der Waals surface area contributed by atoms with E-state index in [0.717, 1.165) is 0 Å². The molecule has 0 bridgehead atoms. The molecule has 0 fully saturated rings. The highest BCUT2D eigenvalue weighted by Crippen LogP contribution is 2.17. The van der Waals surface area contributed by atoms with Crippen LogP contribution >= 0.6 is 0 Å². The van der Waals surface area contributed by atoms with Crippen LogP contribution < -0.4 is 0 Å². The van der Waals surface area contributed by atoms with Crippen molar-refractivity contribution >= 4 is 0 Å². The summed E-state index contributed by atoms with van der Waals surface area (Å²) < 4.78 is 108. The van der Waals surface area contributed by atoms with E-state index in [1.165, 1.54) is 0 Å². The molecular weight excluding hydrogens is 262 g/mol. The molecule has 0 unspecified atom stereocenters. The average molecular weight is 264 g/mol. The zero-order chi connectivity index (χ0) is 13.5. The van der Waals surface area contributed by atoms with Crippen LogP contribution in [0.1, 0.15) is 0 Å². The largest absolute Gasteiger partial charge is 0.307 e. The van der Waals surface area contributed by atoms with E-state index >= 15 is 0 Å². The molecule has 0 aromatic rings. The van der Waals surface area contributed by atoms with Gasteiger partial charge in [-0.1, -0.05) is 0 Å². The number of alkyl halides is 4. The summed E-state index contributed by atoms with van der Waals surface area (Å²) >= 11 is 0. The Morgan fingerprint density at radius 3 is 0.688 bits per heavy atom. The Kier molecular flexibility index (Phi) is 8.58. The van der Waals surface area contributed by atoms with Crippen molar-refractivity contribution in [3.05, 3.63) is 23.8 Å². The monoisotopic (exact) mass is 264 g/mol. The smallest absolute Gasteiger partial charge is 0.202 e. The van der Waals surface area contributed by atoms with E-state index in [4.69, 9.17) is 0 Å². The van der Waals surface area contributed by atoms with Crippen LogP contribution in [0.5, 0.6) is 0 Å². The molecule has 0 aliphatic rings. The fourth-order valence-corrected chi connectivity index (χ4v) is 0.165. The van der Waals surface area contributed by atoms with Crippen LogP contribution in [0.4, 0.5) is 43.9 Å². The van der Waals surface area contributed by atoms with E-state index in [1.807, 2.05) is 0 Å². The van der Waals surface area contributed by atoms with E-state index in [1.54, 1.807) is 0 Å². The lowest BCUT2D eigenvalue weighted by atomic mass is 10.6. The molecule has 16 heavy (non-hydrogen) atoms. The number of hydrogen-bond acceptors (Lipinski definition) is 0. The minimum absolute atomic E-state index is 2.65. The maximum Gasteiger partial charge on any atom is 0.307 e. The predicted molar refractivity (Wildman–Crippen MR) is 32.7 cm³/mol. The van der Waals surface area contributed by atoms with Gasteiger partial charge in [-0.05, 0) is 0 Å². The Labute approximate surface area is 81.8 Å². The van der Waals surface area contributed by atoms with Crippen LogP contribution in [-0.4, -0.2) is 12.9 Å². The van der Waals surface area contributed by atoms with Crippen molar-refractivity contribution in [3.8, 4) is 0 Å². The van der Waals surface area contributed by atoms with Crippen LogP contribution in [0, 0.1) is 0 Å². The quantitative estimate of drug-likeness (QED) is 0.636. The SMILES string of the molecule is FC(F)=C(F)C(F)F.FC(F)=C(F)C(F)F. The first-order valence-electron chi connectivity index (χ1n) is 3.08. The van der Waals surface area contributed by atoms with Crippen molar-refractivity contribution in [2.45, 2.75) is 12.9 Å². The van der Waals surface area contributed by atoms with Crippen molar-refractivity contribution in [2.24, 2.45) is 0 Å². The van der Waals surface area contributed by atoms with Crippen molar-refractivity contribution in [2.75, 3.05) is 0 Å². The molecule has 10 heteroatoms. The topological polar surface area (TPSA) is 0 Å². The molecule has 0 nitrogen and oxygen atoms in total. The lowest BCUT2D eigenvalue weighted by molar-refractivity contribution is 0.144. The molecule has 0 N–H and O–H groups in total. The molecule has 0 aromatic heterocycles. The van der Waals surface area contributed by atoms with Gasteiger partial charge in [0.15, 0.2) is 0 Å². The summed E-state index contributed by atoms with van der Waals surface area (Å²) in [5.41, 5.74) is 0. The summed E-state index contributed by atoms with van der Waals surface area (Å²) in [5.74, 6) is -5.30. The first kappa shape index (κ1) is 17.2. The summed E-state index contributed by atoms with van der Waals surface area (Å²) in [7, 11) is 0. The van der Waals surface area contributed by atoms with Gasteiger partial charge in [0.05, 0.1) is 0 Å². The second kappa shape index (κ2) is 7.99. The number of halogens is 10. The average Bonchev–Trinajstić information content (AvgIpc) is 2.15. The van der Waals surface area contributed by atoms with E-state index in [2.05, 4.69) is 0 Å². The lowest BCUT2D eigenvalue weighted by Crippen LogP contribution is -1.90. The van der Waals surface area contributed by atoms with Crippen LogP contribution in [0.15, 0.2) is 23.8 Å². The maximum atomic E-state index is 11.0.